The molecule has 0 saturated heterocycles. The standard InChI is InChI=1S/C21H36O5/c22-16(13-15-7-5-6-8-15)11-12-18-17(19(23)14-20(18)24)9-3-1-2-4-10-21(25)26/h11-12,15-20,22-24H,1-10,13-14H2,(H,25,26)/t16?,17-,18-,19-,20-/m1/s1. The second-order valence-corrected chi connectivity index (χ2v) is 8.30. The van der Waals surface area contributed by atoms with Crippen molar-refractivity contribution < 1.29 is 25.2 Å². The molecule has 0 spiro atoms. The van der Waals surface area contributed by atoms with Crippen molar-refractivity contribution in [2.75, 3.05) is 0 Å². The van der Waals surface area contributed by atoms with Gasteiger partial charge in [0.05, 0.1) is 18.3 Å². The summed E-state index contributed by atoms with van der Waals surface area (Å²) in [4.78, 5) is 10.5. The third kappa shape index (κ3) is 7.01. The number of carbonyl (C=O) groups is 1. The van der Waals surface area contributed by atoms with E-state index in [0.717, 1.165) is 32.1 Å². The van der Waals surface area contributed by atoms with Crippen molar-refractivity contribution in [3.8, 4) is 0 Å². The summed E-state index contributed by atoms with van der Waals surface area (Å²) in [6.07, 6.45) is 12.9. The van der Waals surface area contributed by atoms with E-state index in [0.29, 0.717) is 18.8 Å². The molecule has 0 amide bonds. The fraction of sp³-hybridized carbons (Fsp3) is 0.857. The predicted molar refractivity (Wildman–Crippen MR) is 101 cm³/mol. The van der Waals surface area contributed by atoms with Gasteiger partial charge in [-0.15, -0.1) is 0 Å². The minimum absolute atomic E-state index is 0.0272. The lowest BCUT2D eigenvalue weighted by Crippen LogP contribution is -2.21. The Morgan fingerprint density at radius 3 is 2.42 bits per heavy atom. The molecule has 2 saturated carbocycles. The maximum atomic E-state index is 10.5. The summed E-state index contributed by atoms with van der Waals surface area (Å²) in [6, 6.07) is 0. The Kier molecular flexibility index (Phi) is 9.09. The van der Waals surface area contributed by atoms with Crippen molar-refractivity contribution in [1.29, 1.82) is 0 Å². The Morgan fingerprint density at radius 2 is 1.73 bits per heavy atom. The Bertz CT molecular complexity index is 444. The number of rotatable bonds is 11. The number of aliphatic hydroxyl groups is 3. The van der Waals surface area contributed by atoms with Crippen LogP contribution in [0.5, 0.6) is 0 Å². The first-order valence-corrected chi connectivity index (χ1v) is 10.4. The van der Waals surface area contributed by atoms with E-state index in [1.165, 1.54) is 25.7 Å². The van der Waals surface area contributed by atoms with Crippen LogP contribution in [0.15, 0.2) is 12.2 Å². The van der Waals surface area contributed by atoms with Crippen LogP contribution < -0.4 is 0 Å². The fourth-order valence-corrected chi connectivity index (χ4v) is 4.71. The van der Waals surface area contributed by atoms with E-state index in [9.17, 15) is 20.1 Å². The highest BCUT2D eigenvalue weighted by Crippen LogP contribution is 2.37. The largest absolute Gasteiger partial charge is 0.481 e. The van der Waals surface area contributed by atoms with Gasteiger partial charge in [0, 0.05) is 18.8 Å². The van der Waals surface area contributed by atoms with Gasteiger partial charge in [0.25, 0.3) is 0 Å². The number of aliphatic carboxylic acids is 1. The number of carboxylic acid groups (broad SMARTS) is 1. The smallest absolute Gasteiger partial charge is 0.303 e. The summed E-state index contributed by atoms with van der Waals surface area (Å²) in [5.74, 6) is -0.197. The minimum atomic E-state index is -0.749. The summed E-state index contributed by atoms with van der Waals surface area (Å²) in [7, 11) is 0. The van der Waals surface area contributed by atoms with E-state index in [1.807, 2.05) is 12.2 Å². The molecule has 5 atom stereocenters. The number of hydrogen-bond donors (Lipinski definition) is 4. The van der Waals surface area contributed by atoms with Gasteiger partial charge in [-0.2, -0.15) is 0 Å². The molecule has 0 heterocycles. The lowest BCUT2D eigenvalue weighted by Gasteiger charge is -2.21. The van der Waals surface area contributed by atoms with E-state index < -0.39 is 24.3 Å². The SMILES string of the molecule is O=C(O)CCCCCC[C@@H]1[C@@H](C=CC(O)CC2CCCC2)[C@H](O)C[C@H]1O. The molecular formula is C21H36O5. The number of aliphatic hydroxyl groups excluding tert-OH is 3. The first-order valence-electron chi connectivity index (χ1n) is 10.4. The van der Waals surface area contributed by atoms with Crippen molar-refractivity contribution in [2.45, 2.75) is 95.4 Å². The Labute approximate surface area is 157 Å². The zero-order chi connectivity index (χ0) is 18.9. The normalized spacial score (nSPS) is 31.0. The summed E-state index contributed by atoms with van der Waals surface area (Å²) >= 11 is 0. The van der Waals surface area contributed by atoms with Gasteiger partial charge in [0.2, 0.25) is 0 Å². The molecule has 2 fully saturated rings. The second kappa shape index (κ2) is 11.1. The number of carboxylic acids is 1. The van der Waals surface area contributed by atoms with Crippen molar-refractivity contribution in [3.05, 3.63) is 12.2 Å². The van der Waals surface area contributed by atoms with Gasteiger partial charge in [-0.05, 0) is 31.1 Å². The van der Waals surface area contributed by atoms with Crippen LogP contribution in [-0.2, 0) is 4.79 Å². The lowest BCUT2D eigenvalue weighted by molar-refractivity contribution is -0.137. The van der Waals surface area contributed by atoms with E-state index >= 15 is 0 Å². The van der Waals surface area contributed by atoms with Gasteiger partial charge in [-0.3, -0.25) is 4.79 Å². The molecule has 0 aromatic heterocycles. The third-order valence-corrected chi connectivity index (χ3v) is 6.20. The van der Waals surface area contributed by atoms with Crippen LogP contribution in [0.25, 0.3) is 0 Å². The monoisotopic (exact) mass is 368 g/mol. The Morgan fingerprint density at radius 1 is 1.04 bits per heavy atom. The molecule has 2 aliphatic rings. The van der Waals surface area contributed by atoms with Crippen molar-refractivity contribution >= 4 is 5.97 Å². The van der Waals surface area contributed by atoms with Gasteiger partial charge in [-0.25, -0.2) is 0 Å². The topological polar surface area (TPSA) is 98.0 Å². The molecule has 5 nitrogen and oxygen atoms in total. The molecule has 0 aliphatic heterocycles. The van der Waals surface area contributed by atoms with Crippen LogP contribution in [0, 0.1) is 17.8 Å². The van der Waals surface area contributed by atoms with E-state index in [2.05, 4.69) is 0 Å². The van der Waals surface area contributed by atoms with Gasteiger partial charge < -0.3 is 20.4 Å². The molecule has 0 radical (unpaired) electrons. The summed E-state index contributed by atoms with van der Waals surface area (Å²) < 4.78 is 0. The summed E-state index contributed by atoms with van der Waals surface area (Å²) in [5.41, 5.74) is 0. The molecule has 2 aliphatic carbocycles. The first kappa shape index (κ1) is 21.4. The molecule has 26 heavy (non-hydrogen) atoms. The van der Waals surface area contributed by atoms with Gasteiger partial charge in [-0.1, -0.05) is 57.1 Å². The Hall–Kier alpha value is -0.910. The highest BCUT2D eigenvalue weighted by Gasteiger charge is 2.39. The van der Waals surface area contributed by atoms with Crippen molar-refractivity contribution in [3.63, 3.8) is 0 Å². The van der Waals surface area contributed by atoms with Crippen LogP contribution in [0.1, 0.15) is 77.0 Å². The highest BCUT2D eigenvalue weighted by molar-refractivity contribution is 5.66. The summed E-state index contributed by atoms with van der Waals surface area (Å²) in [6.45, 7) is 0. The maximum absolute atomic E-state index is 10.5. The molecule has 150 valence electrons. The molecule has 0 aromatic rings. The zero-order valence-corrected chi connectivity index (χ0v) is 15.8. The molecule has 0 bridgehead atoms. The predicted octanol–water partition coefficient (Wildman–Crippen LogP) is 3.27. The van der Waals surface area contributed by atoms with Crippen molar-refractivity contribution in [1.82, 2.24) is 0 Å². The van der Waals surface area contributed by atoms with Gasteiger partial charge in [0.15, 0.2) is 0 Å². The van der Waals surface area contributed by atoms with E-state index in [1.54, 1.807) is 0 Å². The van der Waals surface area contributed by atoms with E-state index in [-0.39, 0.29) is 18.3 Å². The minimum Gasteiger partial charge on any atom is -0.481 e. The van der Waals surface area contributed by atoms with Crippen LogP contribution in [0.4, 0.5) is 0 Å². The molecule has 0 aromatic carbocycles. The maximum Gasteiger partial charge on any atom is 0.303 e. The molecule has 1 unspecified atom stereocenters. The molecular weight excluding hydrogens is 332 g/mol. The van der Waals surface area contributed by atoms with Crippen LogP contribution >= 0.6 is 0 Å². The van der Waals surface area contributed by atoms with Gasteiger partial charge in [0.1, 0.15) is 0 Å². The summed E-state index contributed by atoms with van der Waals surface area (Å²) in [5, 5.41) is 39.4. The van der Waals surface area contributed by atoms with Crippen LogP contribution in [0.3, 0.4) is 0 Å². The zero-order valence-electron chi connectivity index (χ0n) is 15.8. The highest BCUT2D eigenvalue weighted by atomic mass is 16.4. The van der Waals surface area contributed by atoms with Gasteiger partial charge >= 0.3 is 5.97 Å². The number of unbranched alkanes of at least 4 members (excludes halogenated alkanes) is 3. The molecule has 4 N–H and O–H groups in total. The average Bonchev–Trinajstić information content (AvgIpc) is 3.17. The average molecular weight is 369 g/mol. The fourth-order valence-electron chi connectivity index (χ4n) is 4.71. The third-order valence-electron chi connectivity index (χ3n) is 6.20. The van der Waals surface area contributed by atoms with Crippen molar-refractivity contribution in [2.24, 2.45) is 17.8 Å². The number of hydrogen-bond acceptors (Lipinski definition) is 4. The molecule has 2 rings (SSSR count). The first-order chi connectivity index (χ1) is 12.5. The molecule has 5 heteroatoms. The van der Waals surface area contributed by atoms with Crippen LogP contribution in [-0.4, -0.2) is 44.7 Å². The van der Waals surface area contributed by atoms with E-state index in [4.69, 9.17) is 5.11 Å². The quantitative estimate of drug-likeness (QED) is 0.331. The lowest BCUT2D eigenvalue weighted by atomic mass is 9.87. The Balaban J connectivity index is 1.74. The second-order valence-electron chi connectivity index (χ2n) is 8.30. The van der Waals surface area contributed by atoms with Crippen LogP contribution in [0.2, 0.25) is 0 Å².